The zero-order valence-electron chi connectivity index (χ0n) is 32.7. The summed E-state index contributed by atoms with van der Waals surface area (Å²) in [4.78, 5) is 78.0. The lowest BCUT2D eigenvalue weighted by molar-refractivity contribution is -0.127. The number of benzene rings is 5. The number of Topliss-reactive ketones (excluding diaryl/α,β-unsaturated/α-hetero) is 2. The molecular weight excluding hydrogens is 925 g/mol. The number of carbonyl (C=O) groups excluding carboxylic acids is 6. The van der Waals surface area contributed by atoms with Gasteiger partial charge in [-0.3, -0.25) is 28.8 Å². The molecule has 14 nitrogen and oxygen atoms in total. The molecule has 0 aliphatic carbocycles. The molecule has 5 rings (SSSR count). The van der Waals surface area contributed by atoms with E-state index in [2.05, 4.69) is 41.7 Å². The van der Waals surface area contributed by atoms with Crippen LogP contribution >= 0.6 is 69.6 Å². The summed E-state index contributed by atoms with van der Waals surface area (Å²) in [5, 5.41) is 27.5. The molecule has 5 aromatic carbocycles. The third-order valence-electron chi connectivity index (χ3n) is 8.72. The van der Waals surface area contributed by atoms with Gasteiger partial charge in [0.25, 0.3) is 23.6 Å². The molecule has 4 amide bonds. The van der Waals surface area contributed by atoms with E-state index >= 15 is 0 Å². The second-order valence-electron chi connectivity index (χ2n) is 13.4. The maximum absolute atomic E-state index is 13.4. The molecule has 0 aromatic heterocycles. The Morgan fingerprint density at radius 2 is 0.855 bits per heavy atom. The number of ketones is 2. The van der Waals surface area contributed by atoms with Crippen LogP contribution in [-0.4, -0.2) is 47.3 Å². The van der Waals surface area contributed by atoms with Gasteiger partial charge < -0.3 is 21.3 Å². The zero-order valence-corrected chi connectivity index (χ0v) is 37.3. The van der Waals surface area contributed by atoms with Crippen LogP contribution < -0.4 is 21.3 Å². The molecule has 0 bridgehead atoms. The van der Waals surface area contributed by atoms with E-state index in [9.17, 15) is 28.8 Å². The van der Waals surface area contributed by atoms with Crippen LogP contribution in [0.25, 0.3) is 0 Å². The van der Waals surface area contributed by atoms with Gasteiger partial charge in [0, 0.05) is 22.7 Å². The highest BCUT2D eigenvalue weighted by Crippen LogP contribution is 2.33. The highest BCUT2D eigenvalue weighted by Gasteiger charge is 2.27. The monoisotopic (exact) mass is 954 g/mol. The first-order valence-electron chi connectivity index (χ1n) is 18.0. The van der Waals surface area contributed by atoms with E-state index < -0.39 is 47.3 Å². The summed E-state index contributed by atoms with van der Waals surface area (Å²) in [5.41, 5.74) is 2.32. The van der Waals surface area contributed by atoms with Crippen molar-refractivity contribution in [1.82, 2.24) is 0 Å². The van der Waals surface area contributed by atoms with Crippen LogP contribution in [0.4, 0.5) is 34.1 Å². The Morgan fingerprint density at radius 3 is 1.19 bits per heavy atom. The number of carbonyl (C=O) groups is 6. The number of hydrogen-bond donors (Lipinski definition) is 4. The third-order valence-corrected chi connectivity index (χ3v) is 11.0. The number of azo groups is 2. The number of nitrogens with one attached hydrogen (secondary N) is 4. The summed E-state index contributed by atoms with van der Waals surface area (Å²) in [6.07, 6.45) is 0. The minimum Gasteiger partial charge on any atom is -0.324 e. The molecule has 4 N–H and O–H groups in total. The standard InChI is InChI=1S/C42H32Cl6N8O6/c1-19-15-34(52-42(62)38(22(4)58)56-54-32-10-6-8-26(36(32)48)40(60)50-24-12-14-28(44)30(46)18-24)20(2)16-33(19)51-41(61)37(21(3)57)55-53-31-9-5-7-25(35(31)47)39(59)49-23-11-13-27(43)29(45)17-23/h5-18,37-38H,1-4H3,(H,49,59)(H,50,60)(H,51,61)(H,52,62). The third kappa shape index (κ3) is 11.8. The van der Waals surface area contributed by atoms with Gasteiger partial charge in [0.2, 0.25) is 12.1 Å². The number of amides is 4. The van der Waals surface area contributed by atoms with Gasteiger partial charge in [-0.2, -0.15) is 20.5 Å². The van der Waals surface area contributed by atoms with Gasteiger partial charge in [-0.1, -0.05) is 81.7 Å². The number of hydrogen-bond acceptors (Lipinski definition) is 10. The average molecular weight is 957 g/mol. The van der Waals surface area contributed by atoms with E-state index in [4.69, 9.17) is 69.6 Å². The molecule has 0 saturated heterocycles. The van der Waals surface area contributed by atoms with Crippen LogP contribution in [0.2, 0.25) is 30.1 Å². The van der Waals surface area contributed by atoms with Crippen molar-refractivity contribution < 1.29 is 28.8 Å². The number of rotatable bonds is 14. The van der Waals surface area contributed by atoms with Gasteiger partial charge in [-0.05, 0) is 112 Å². The van der Waals surface area contributed by atoms with Crippen molar-refractivity contribution >= 4 is 139 Å². The fraction of sp³-hybridized carbons (Fsp3) is 0.143. The van der Waals surface area contributed by atoms with Gasteiger partial charge in [0.1, 0.15) is 11.4 Å². The molecule has 2 unspecified atom stereocenters. The van der Waals surface area contributed by atoms with E-state index in [-0.39, 0.29) is 54.0 Å². The topological polar surface area (TPSA) is 200 Å². The number of anilines is 4. The van der Waals surface area contributed by atoms with Crippen molar-refractivity contribution in [3.63, 3.8) is 0 Å². The second kappa shape index (κ2) is 20.9. The van der Waals surface area contributed by atoms with Crippen molar-refractivity contribution in [2.24, 2.45) is 20.5 Å². The van der Waals surface area contributed by atoms with Crippen LogP contribution in [0.15, 0.2) is 105 Å². The molecule has 0 fully saturated rings. The molecule has 318 valence electrons. The lowest BCUT2D eigenvalue weighted by atomic mass is 10.1. The van der Waals surface area contributed by atoms with E-state index in [0.717, 1.165) is 13.8 Å². The fourth-order valence-electron chi connectivity index (χ4n) is 5.45. The maximum atomic E-state index is 13.4. The van der Waals surface area contributed by atoms with Gasteiger partial charge in [0.05, 0.1) is 41.3 Å². The Kier molecular flexibility index (Phi) is 15.9. The highest BCUT2D eigenvalue weighted by molar-refractivity contribution is 6.43. The van der Waals surface area contributed by atoms with Gasteiger partial charge >= 0.3 is 0 Å². The molecular formula is C42H32Cl6N8O6. The SMILES string of the molecule is CC(=O)C(N=Nc1cccc(C(=O)Nc2ccc(Cl)c(Cl)c2)c1Cl)C(=O)Nc1cc(C)c(NC(=O)C(N=Nc2cccc(C(=O)Nc3ccc(Cl)c(Cl)c3)c2Cl)C(C)=O)cc1C. The Morgan fingerprint density at radius 1 is 0.484 bits per heavy atom. The van der Waals surface area contributed by atoms with Crippen molar-refractivity contribution in [1.29, 1.82) is 0 Å². The molecule has 0 aliphatic rings. The second-order valence-corrected chi connectivity index (χ2v) is 15.7. The van der Waals surface area contributed by atoms with E-state index in [0.29, 0.717) is 32.5 Å². The summed E-state index contributed by atoms with van der Waals surface area (Å²) in [6, 6.07) is 17.7. The molecule has 0 saturated carbocycles. The number of nitrogens with zero attached hydrogens (tertiary/aromatic N) is 4. The molecule has 5 aromatic rings. The first kappa shape index (κ1) is 47.3. The Labute approximate surface area is 384 Å². The Balaban J connectivity index is 1.26. The zero-order chi connectivity index (χ0) is 45.4. The van der Waals surface area contributed by atoms with Crippen LogP contribution in [0.1, 0.15) is 45.7 Å². The van der Waals surface area contributed by atoms with Crippen LogP contribution in [0, 0.1) is 13.8 Å². The first-order valence-corrected chi connectivity index (χ1v) is 20.3. The molecule has 20 heteroatoms. The highest BCUT2D eigenvalue weighted by atomic mass is 35.5. The largest absolute Gasteiger partial charge is 0.324 e. The van der Waals surface area contributed by atoms with Gasteiger partial charge in [-0.15, -0.1) is 0 Å². The van der Waals surface area contributed by atoms with E-state index in [1.54, 1.807) is 38.1 Å². The van der Waals surface area contributed by atoms with E-state index in [1.165, 1.54) is 60.7 Å². The predicted octanol–water partition coefficient (Wildman–Crippen LogP) is 12.1. The molecule has 0 heterocycles. The lowest BCUT2D eigenvalue weighted by Gasteiger charge is -2.16. The minimum atomic E-state index is -1.60. The summed E-state index contributed by atoms with van der Waals surface area (Å²) < 4.78 is 0. The summed E-state index contributed by atoms with van der Waals surface area (Å²) in [6.45, 7) is 5.59. The van der Waals surface area contributed by atoms with Crippen molar-refractivity contribution in [2.45, 2.75) is 39.8 Å². The van der Waals surface area contributed by atoms with Crippen molar-refractivity contribution in [3.05, 3.63) is 137 Å². The molecule has 0 aliphatic heterocycles. The van der Waals surface area contributed by atoms with Crippen molar-refractivity contribution in [2.75, 3.05) is 21.3 Å². The first-order chi connectivity index (χ1) is 29.3. The molecule has 2 atom stereocenters. The van der Waals surface area contributed by atoms with Gasteiger partial charge in [-0.25, -0.2) is 0 Å². The Bertz CT molecular complexity index is 2530. The molecule has 0 radical (unpaired) electrons. The smallest absolute Gasteiger partial charge is 0.258 e. The number of aryl methyl sites for hydroxylation is 2. The normalized spacial score (nSPS) is 12.2. The minimum absolute atomic E-state index is 0.0170. The predicted molar refractivity (Wildman–Crippen MR) is 243 cm³/mol. The Hall–Kier alpha value is -5.74. The summed E-state index contributed by atoms with van der Waals surface area (Å²) in [7, 11) is 0. The molecule has 62 heavy (non-hydrogen) atoms. The fourth-order valence-corrected chi connectivity index (χ4v) is 6.55. The number of halogens is 6. The van der Waals surface area contributed by atoms with Crippen molar-refractivity contribution in [3.8, 4) is 0 Å². The lowest BCUT2D eigenvalue weighted by Crippen LogP contribution is -2.32. The van der Waals surface area contributed by atoms with Crippen LogP contribution in [0.5, 0.6) is 0 Å². The summed E-state index contributed by atoms with van der Waals surface area (Å²) >= 11 is 37.0. The van der Waals surface area contributed by atoms with Gasteiger partial charge in [0.15, 0.2) is 11.6 Å². The molecule has 0 spiro atoms. The quantitative estimate of drug-likeness (QED) is 0.0630. The summed E-state index contributed by atoms with van der Waals surface area (Å²) in [5.74, 6) is -4.10. The average Bonchev–Trinajstić information content (AvgIpc) is 3.20. The van der Waals surface area contributed by atoms with Crippen LogP contribution in [0.3, 0.4) is 0 Å². The maximum Gasteiger partial charge on any atom is 0.258 e. The van der Waals surface area contributed by atoms with Crippen LogP contribution in [-0.2, 0) is 19.2 Å². The van der Waals surface area contributed by atoms with E-state index in [1.807, 2.05) is 0 Å².